The fourth-order valence-electron chi connectivity index (χ4n) is 3.38. The Morgan fingerprint density at radius 3 is 2.64 bits per heavy atom. The molecule has 0 aliphatic rings. The zero-order valence-electron chi connectivity index (χ0n) is 18.5. The maximum Gasteiger partial charge on any atom is 0.269 e. The Labute approximate surface area is 199 Å². The van der Waals surface area contributed by atoms with Gasteiger partial charge in [0, 0.05) is 18.5 Å². The molecule has 3 amide bonds. The van der Waals surface area contributed by atoms with Gasteiger partial charge in [0.25, 0.3) is 5.91 Å². The molecular formula is C22H25BrN6O4. The number of nitrogens with two attached hydrogens (primary N) is 1. The predicted octanol–water partition coefficient (Wildman–Crippen LogP) is 2.31. The highest BCUT2D eigenvalue weighted by molar-refractivity contribution is 9.10. The van der Waals surface area contributed by atoms with E-state index in [9.17, 15) is 14.4 Å². The number of ether oxygens (including phenoxy) is 1. The van der Waals surface area contributed by atoms with Crippen molar-refractivity contribution in [3.05, 3.63) is 52.3 Å². The number of aromatic nitrogens is 3. The second-order valence-corrected chi connectivity index (χ2v) is 8.48. The Morgan fingerprint density at radius 1 is 1.24 bits per heavy atom. The second kappa shape index (κ2) is 10.5. The van der Waals surface area contributed by atoms with Crippen LogP contribution in [0.2, 0.25) is 0 Å². The van der Waals surface area contributed by atoms with Gasteiger partial charge in [-0.3, -0.25) is 19.1 Å². The molecule has 10 nitrogen and oxygen atoms in total. The fourth-order valence-corrected chi connectivity index (χ4v) is 3.72. The molecule has 0 aliphatic heterocycles. The van der Waals surface area contributed by atoms with Crippen molar-refractivity contribution in [3.63, 3.8) is 0 Å². The lowest BCUT2D eigenvalue weighted by molar-refractivity contribution is -0.137. The minimum atomic E-state index is -0.692. The zero-order chi connectivity index (χ0) is 24.1. The lowest BCUT2D eigenvalue weighted by Crippen LogP contribution is -2.44. The standard InChI is InChI=1S/C22H25BrN6O4/c1-13(2)28(10-19(30)26-18-6-4-5-17(23)25-18)20(31)11-29-16-8-7-14(12-33-3)9-15(16)21(27-29)22(24)32/h4-9,13H,10-12H2,1-3H3,(H2,24,32)(H,25,26,30). The van der Waals surface area contributed by atoms with E-state index in [0.29, 0.717) is 27.9 Å². The summed E-state index contributed by atoms with van der Waals surface area (Å²) < 4.78 is 7.16. The third kappa shape index (κ3) is 5.93. The molecule has 0 fully saturated rings. The van der Waals surface area contributed by atoms with Crippen LogP contribution in [0.3, 0.4) is 0 Å². The number of hydrogen-bond donors (Lipinski definition) is 2. The number of benzene rings is 1. The Hall–Kier alpha value is -3.31. The van der Waals surface area contributed by atoms with Gasteiger partial charge in [0.05, 0.1) is 12.1 Å². The van der Waals surface area contributed by atoms with Crippen molar-refractivity contribution in [3.8, 4) is 0 Å². The predicted molar refractivity (Wildman–Crippen MR) is 126 cm³/mol. The number of nitrogens with one attached hydrogen (secondary N) is 1. The van der Waals surface area contributed by atoms with E-state index in [1.165, 1.54) is 9.58 Å². The van der Waals surface area contributed by atoms with Crippen molar-refractivity contribution in [1.29, 1.82) is 0 Å². The van der Waals surface area contributed by atoms with Gasteiger partial charge < -0.3 is 20.7 Å². The SMILES string of the molecule is COCc1ccc2c(c1)c(C(N)=O)nn2CC(=O)N(CC(=O)Nc1cccc(Br)n1)C(C)C. The molecule has 1 aromatic carbocycles. The molecule has 0 spiro atoms. The highest BCUT2D eigenvalue weighted by atomic mass is 79.9. The minimum absolute atomic E-state index is 0.0744. The first-order valence-electron chi connectivity index (χ1n) is 10.2. The molecule has 0 aliphatic carbocycles. The number of anilines is 1. The Bertz CT molecular complexity index is 1190. The van der Waals surface area contributed by atoms with Gasteiger partial charge in [0.2, 0.25) is 11.8 Å². The summed E-state index contributed by atoms with van der Waals surface area (Å²) in [5.41, 5.74) is 7.01. The lowest BCUT2D eigenvalue weighted by atomic mass is 10.1. The summed E-state index contributed by atoms with van der Waals surface area (Å²) in [6, 6.07) is 10.3. The van der Waals surface area contributed by atoms with E-state index in [1.54, 1.807) is 37.4 Å². The molecule has 2 aromatic heterocycles. The van der Waals surface area contributed by atoms with Crippen LogP contribution in [-0.2, 0) is 27.5 Å². The van der Waals surface area contributed by atoms with E-state index in [-0.39, 0.29) is 36.6 Å². The normalized spacial score (nSPS) is 11.1. The van der Waals surface area contributed by atoms with Crippen LogP contribution in [0, 0.1) is 0 Å². The first-order chi connectivity index (χ1) is 15.7. The first kappa shape index (κ1) is 24.3. The van der Waals surface area contributed by atoms with Gasteiger partial charge in [-0.05, 0) is 59.6 Å². The van der Waals surface area contributed by atoms with E-state index in [0.717, 1.165) is 5.56 Å². The summed E-state index contributed by atoms with van der Waals surface area (Å²) in [6.07, 6.45) is 0. The lowest BCUT2D eigenvalue weighted by Gasteiger charge is -2.26. The molecule has 3 N–H and O–H groups in total. The van der Waals surface area contributed by atoms with Gasteiger partial charge in [0.15, 0.2) is 5.69 Å². The van der Waals surface area contributed by atoms with Gasteiger partial charge in [-0.2, -0.15) is 5.10 Å². The molecule has 11 heteroatoms. The van der Waals surface area contributed by atoms with E-state index in [4.69, 9.17) is 10.5 Å². The largest absolute Gasteiger partial charge is 0.380 e. The van der Waals surface area contributed by atoms with E-state index >= 15 is 0 Å². The topological polar surface area (TPSA) is 132 Å². The number of carbonyl (C=O) groups is 3. The van der Waals surface area contributed by atoms with Crippen LogP contribution in [0.5, 0.6) is 0 Å². The van der Waals surface area contributed by atoms with Crippen molar-refractivity contribution in [1.82, 2.24) is 19.7 Å². The van der Waals surface area contributed by atoms with Crippen LogP contribution in [0.4, 0.5) is 5.82 Å². The van der Waals surface area contributed by atoms with Gasteiger partial charge in [0.1, 0.15) is 23.5 Å². The summed E-state index contributed by atoms with van der Waals surface area (Å²) in [5.74, 6) is -1.03. The molecular weight excluding hydrogens is 492 g/mol. The monoisotopic (exact) mass is 516 g/mol. The third-order valence-electron chi connectivity index (χ3n) is 4.88. The number of nitrogens with zero attached hydrogens (tertiary/aromatic N) is 4. The highest BCUT2D eigenvalue weighted by Gasteiger charge is 2.23. The molecule has 3 rings (SSSR count). The van der Waals surface area contributed by atoms with Gasteiger partial charge in [-0.1, -0.05) is 12.1 Å². The van der Waals surface area contributed by atoms with Crippen molar-refractivity contribution < 1.29 is 19.1 Å². The number of methoxy groups -OCH3 is 1. The van der Waals surface area contributed by atoms with Gasteiger partial charge >= 0.3 is 0 Å². The van der Waals surface area contributed by atoms with Crippen molar-refractivity contribution in [2.75, 3.05) is 19.0 Å². The minimum Gasteiger partial charge on any atom is -0.380 e. The average Bonchev–Trinajstić information content (AvgIpc) is 3.10. The van der Waals surface area contributed by atoms with Crippen LogP contribution >= 0.6 is 15.9 Å². The van der Waals surface area contributed by atoms with Crippen LogP contribution in [0.15, 0.2) is 41.0 Å². The number of amides is 3. The smallest absolute Gasteiger partial charge is 0.269 e. The second-order valence-electron chi connectivity index (χ2n) is 7.66. The molecule has 0 bridgehead atoms. The maximum atomic E-state index is 13.1. The number of fused-ring (bicyclic) bond motifs is 1. The van der Waals surface area contributed by atoms with Crippen molar-refractivity contribution in [2.45, 2.75) is 33.0 Å². The average molecular weight is 517 g/mol. The summed E-state index contributed by atoms with van der Waals surface area (Å²) in [4.78, 5) is 43.2. The highest BCUT2D eigenvalue weighted by Crippen LogP contribution is 2.21. The number of halogens is 1. The van der Waals surface area contributed by atoms with Crippen LogP contribution < -0.4 is 11.1 Å². The Balaban J connectivity index is 1.81. The summed E-state index contributed by atoms with van der Waals surface area (Å²) in [6.45, 7) is 3.67. The Kier molecular flexibility index (Phi) is 7.77. The molecule has 2 heterocycles. The summed E-state index contributed by atoms with van der Waals surface area (Å²) >= 11 is 3.25. The van der Waals surface area contributed by atoms with Gasteiger partial charge in [-0.15, -0.1) is 0 Å². The Morgan fingerprint density at radius 2 is 2.00 bits per heavy atom. The third-order valence-corrected chi connectivity index (χ3v) is 5.33. The summed E-state index contributed by atoms with van der Waals surface area (Å²) in [5, 5.41) is 7.49. The van der Waals surface area contributed by atoms with E-state index in [2.05, 4.69) is 31.3 Å². The first-order valence-corrected chi connectivity index (χ1v) is 11.0. The zero-order valence-corrected chi connectivity index (χ0v) is 20.1. The number of primary amides is 1. The molecule has 0 saturated heterocycles. The molecule has 174 valence electrons. The molecule has 33 heavy (non-hydrogen) atoms. The molecule has 0 atom stereocenters. The van der Waals surface area contributed by atoms with E-state index < -0.39 is 5.91 Å². The number of carbonyl (C=O) groups excluding carboxylic acids is 3. The van der Waals surface area contributed by atoms with Crippen molar-refractivity contribution >= 4 is 50.4 Å². The number of hydrogen-bond acceptors (Lipinski definition) is 6. The quantitative estimate of drug-likeness (QED) is 0.419. The number of rotatable bonds is 9. The van der Waals surface area contributed by atoms with Crippen LogP contribution in [-0.4, -0.2) is 57.1 Å². The van der Waals surface area contributed by atoms with E-state index in [1.807, 2.05) is 19.9 Å². The van der Waals surface area contributed by atoms with Crippen LogP contribution in [0.25, 0.3) is 10.9 Å². The number of pyridine rings is 1. The van der Waals surface area contributed by atoms with Crippen LogP contribution in [0.1, 0.15) is 29.9 Å². The fraction of sp³-hybridized carbons (Fsp3) is 0.318. The molecule has 3 aromatic rings. The molecule has 0 saturated carbocycles. The summed E-state index contributed by atoms with van der Waals surface area (Å²) in [7, 11) is 1.57. The van der Waals surface area contributed by atoms with Crippen molar-refractivity contribution in [2.24, 2.45) is 5.73 Å². The molecule has 0 radical (unpaired) electrons. The molecule has 0 unspecified atom stereocenters. The maximum absolute atomic E-state index is 13.1. The van der Waals surface area contributed by atoms with Gasteiger partial charge in [-0.25, -0.2) is 4.98 Å².